The number of thioether (sulfide) groups is 1. The SMILES string of the molecule is Cc1noc([C@@H](C)Sc2cc(F)ccc2F)n1. The number of aromatic nitrogens is 2. The topological polar surface area (TPSA) is 38.9 Å². The molecular weight excluding hydrogens is 246 g/mol. The van der Waals surface area contributed by atoms with E-state index in [0.717, 1.165) is 30.0 Å². The molecule has 17 heavy (non-hydrogen) atoms. The molecule has 0 spiro atoms. The number of aryl methyl sites for hydroxylation is 1. The first-order valence-corrected chi connectivity index (χ1v) is 5.86. The van der Waals surface area contributed by atoms with E-state index in [0.29, 0.717) is 11.7 Å². The molecule has 1 aromatic carbocycles. The summed E-state index contributed by atoms with van der Waals surface area (Å²) in [4.78, 5) is 4.27. The van der Waals surface area contributed by atoms with Gasteiger partial charge in [-0.2, -0.15) is 4.98 Å². The highest BCUT2D eigenvalue weighted by Gasteiger charge is 2.16. The smallest absolute Gasteiger partial charge is 0.239 e. The van der Waals surface area contributed by atoms with Gasteiger partial charge in [0.25, 0.3) is 0 Å². The average Bonchev–Trinajstić information content (AvgIpc) is 2.70. The number of hydrogen-bond acceptors (Lipinski definition) is 4. The van der Waals surface area contributed by atoms with Gasteiger partial charge in [-0.25, -0.2) is 8.78 Å². The van der Waals surface area contributed by atoms with Crippen molar-refractivity contribution in [2.45, 2.75) is 24.0 Å². The molecule has 90 valence electrons. The third-order valence-corrected chi connectivity index (χ3v) is 3.21. The molecule has 1 aromatic heterocycles. The largest absolute Gasteiger partial charge is 0.338 e. The second-order valence-electron chi connectivity index (χ2n) is 3.51. The van der Waals surface area contributed by atoms with Crippen LogP contribution in [0.15, 0.2) is 27.6 Å². The van der Waals surface area contributed by atoms with Crippen molar-refractivity contribution in [1.82, 2.24) is 10.1 Å². The van der Waals surface area contributed by atoms with Crippen molar-refractivity contribution in [3.63, 3.8) is 0 Å². The Morgan fingerprint density at radius 2 is 2.12 bits per heavy atom. The van der Waals surface area contributed by atoms with Crippen molar-refractivity contribution in [3.05, 3.63) is 41.5 Å². The second-order valence-corrected chi connectivity index (χ2v) is 4.90. The number of hydrogen-bond donors (Lipinski definition) is 0. The zero-order valence-corrected chi connectivity index (χ0v) is 10.1. The molecule has 1 atom stereocenters. The summed E-state index contributed by atoms with van der Waals surface area (Å²) in [5.74, 6) is -0.00868. The van der Waals surface area contributed by atoms with E-state index < -0.39 is 11.6 Å². The van der Waals surface area contributed by atoms with Crippen molar-refractivity contribution >= 4 is 11.8 Å². The average molecular weight is 256 g/mol. The molecule has 0 radical (unpaired) electrons. The van der Waals surface area contributed by atoms with Gasteiger partial charge in [0.2, 0.25) is 5.89 Å². The maximum Gasteiger partial charge on any atom is 0.239 e. The third kappa shape index (κ3) is 2.82. The Labute approximate surface area is 101 Å². The van der Waals surface area contributed by atoms with Crippen LogP contribution in [0.4, 0.5) is 8.78 Å². The van der Waals surface area contributed by atoms with Gasteiger partial charge in [-0.05, 0) is 32.0 Å². The van der Waals surface area contributed by atoms with E-state index >= 15 is 0 Å². The van der Waals surface area contributed by atoms with Gasteiger partial charge in [0.1, 0.15) is 11.6 Å². The monoisotopic (exact) mass is 256 g/mol. The predicted molar refractivity (Wildman–Crippen MR) is 59.7 cm³/mol. The highest BCUT2D eigenvalue weighted by atomic mass is 32.2. The Hall–Kier alpha value is -1.43. The first-order chi connectivity index (χ1) is 8.06. The van der Waals surface area contributed by atoms with Gasteiger partial charge in [-0.1, -0.05) is 5.16 Å². The lowest BCUT2D eigenvalue weighted by atomic mass is 10.3. The van der Waals surface area contributed by atoms with E-state index in [4.69, 9.17) is 4.52 Å². The maximum atomic E-state index is 13.4. The zero-order chi connectivity index (χ0) is 12.4. The van der Waals surface area contributed by atoms with Crippen LogP contribution in [0.2, 0.25) is 0 Å². The standard InChI is InChI=1S/C11H10F2N2OS/c1-6(11-14-7(2)15-16-11)17-10-5-8(12)3-4-9(10)13/h3-6H,1-2H3/t6-/m1/s1. The van der Waals surface area contributed by atoms with E-state index in [1.54, 1.807) is 13.8 Å². The van der Waals surface area contributed by atoms with Crippen LogP contribution in [0.5, 0.6) is 0 Å². The summed E-state index contributed by atoms with van der Waals surface area (Å²) in [6.45, 7) is 3.50. The molecule has 0 saturated heterocycles. The Balaban J connectivity index is 2.18. The van der Waals surface area contributed by atoms with Gasteiger partial charge in [0, 0.05) is 4.90 Å². The number of rotatable bonds is 3. The lowest BCUT2D eigenvalue weighted by Crippen LogP contribution is -1.91. The molecule has 0 N–H and O–H groups in total. The number of nitrogens with zero attached hydrogens (tertiary/aromatic N) is 2. The molecule has 0 aliphatic carbocycles. The van der Waals surface area contributed by atoms with Crippen LogP contribution in [0.1, 0.15) is 23.9 Å². The Kier molecular flexibility index (Phi) is 3.42. The predicted octanol–water partition coefficient (Wildman–Crippen LogP) is 3.51. The van der Waals surface area contributed by atoms with Crippen molar-refractivity contribution in [1.29, 1.82) is 0 Å². The fourth-order valence-electron chi connectivity index (χ4n) is 1.29. The van der Waals surface area contributed by atoms with Crippen LogP contribution in [-0.4, -0.2) is 10.1 Å². The minimum Gasteiger partial charge on any atom is -0.338 e. The molecule has 0 bridgehead atoms. The first-order valence-electron chi connectivity index (χ1n) is 4.98. The lowest BCUT2D eigenvalue weighted by molar-refractivity contribution is 0.376. The fraction of sp³-hybridized carbons (Fsp3) is 0.273. The zero-order valence-electron chi connectivity index (χ0n) is 9.28. The quantitative estimate of drug-likeness (QED) is 0.788. The van der Waals surface area contributed by atoms with Gasteiger partial charge < -0.3 is 4.52 Å². The van der Waals surface area contributed by atoms with Crippen LogP contribution in [0.3, 0.4) is 0 Å². The lowest BCUT2D eigenvalue weighted by Gasteiger charge is -2.07. The summed E-state index contributed by atoms with van der Waals surface area (Å²) in [5.41, 5.74) is 0. The fourth-order valence-corrected chi connectivity index (χ4v) is 2.23. The van der Waals surface area contributed by atoms with Crippen LogP contribution >= 0.6 is 11.8 Å². The maximum absolute atomic E-state index is 13.4. The summed E-state index contributed by atoms with van der Waals surface area (Å²) in [6.07, 6.45) is 0. The van der Waals surface area contributed by atoms with E-state index in [9.17, 15) is 8.78 Å². The van der Waals surface area contributed by atoms with Gasteiger partial charge in [0.15, 0.2) is 5.82 Å². The molecule has 3 nitrogen and oxygen atoms in total. The molecule has 0 aliphatic heterocycles. The molecule has 0 saturated carbocycles. The summed E-state index contributed by atoms with van der Waals surface area (Å²) in [5, 5.41) is 3.42. The summed E-state index contributed by atoms with van der Waals surface area (Å²) < 4.78 is 31.3. The highest BCUT2D eigenvalue weighted by Crippen LogP contribution is 2.35. The Morgan fingerprint density at radius 3 is 2.76 bits per heavy atom. The highest BCUT2D eigenvalue weighted by molar-refractivity contribution is 7.99. The molecule has 1 heterocycles. The molecule has 0 amide bonds. The number of benzene rings is 1. The van der Waals surface area contributed by atoms with Gasteiger partial charge in [0.05, 0.1) is 5.25 Å². The van der Waals surface area contributed by atoms with E-state index in [-0.39, 0.29) is 10.1 Å². The van der Waals surface area contributed by atoms with Crippen molar-refractivity contribution in [2.24, 2.45) is 0 Å². The molecule has 2 aromatic rings. The van der Waals surface area contributed by atoms with Gasteiger partial charge in [-0.3, -0.25) is 0 Å². The van der Waals surface area contributed by atoms with E-state index in [1.165, 1.54) is 0 Å². The van der Waals surface area contributed by atoms with Gasteiger partial charge in [-0.15, -0.1) is 11.8 Å². The Bertz CT molecular complexity index is 530. The summed E-state index contributed by atoms with van der Waals surface area (Å²) >= 11 is 1.14. The first kappa shape index (κ1) is 12.0. The Morgan fingerprint density at radius 1 is 1.35 bits per heavy atom. The normalized spacial score (nSPS) is 12.7. The van der Waals surface area contributed by atoms with E-state index in [1.807, 2.05) is 0 Å². The van der Waals surface area contributed by atoms with Crippen LogP contribution < -0.4 is 0 Å². The molecule has 0 aliphatic rings. The van der Waals surface area contributed by atoms with Crippen molar-refractivity contribution in [2.75, 3.05) is 0 Å². The summed E-state index contributed by atoms with van der Waals surface area (Å²) in [7, 11) is 0. The third-order valence-electron chi connectivity index (χ3n) is 2.09. The van der Waals surface area contributed by atoms with Crippen LogP contribution in [0.25, 0.3) is 0 Å². The molecule has 0 unspecified atom stereocenters. The van der Waals surface area contributed by atoms with Crippen LogP contribution in [-0.2, 0) is 0 Å². The molecule has 0 fully saturated rings. The minimum atomic E-state index is -0.470. The number of halogens is 2. The van der Waals surface area contributed by atoms with Crippen molar-refractivity contribution in [3.8, 4) is 0 Å². The minimum absolute atomic E-state index is 0.229. The van der Waals surface area contributed by atoms with Crippen molar-refractivity contribution < 1.29 is 13.3 Å². The van der Waals surface area contributed by atoms with E-state index in [2.05, 4.69) is 10.1 Å². The summed E-state index contributed by atoms with van der Waals surface area (Å²) in [6, 6.07) is 3.34. The molecule has 6 heteroatoms. The molecule has 2 rings (SSSR count). The second kappa shape index (κ2) is 4.83. The van der Waals surface area contributed by atoms with Gasteiger partial charge >= 0.3 is 0 Å². The molecular formula is C11H10F2N2OS. The van der Waals surface area contributed by atoms with Crippen LogP contribution in [0, 0.1) is 18.6 Å².